The first-order valence-corrected chi connectivity index (χ1v) is 13.4. The molecule has 1 saturated heterocycles. The van der Waals surface area contributed by atoms with Gasteiger partial charge in [-0.2, -0.15) is 5.10 Å². The van der Waals surface area contributed by atoms with Crippen molar-refractivity contribution in [3.8, 4) is 5.75 Å². The van der Waals surface area contributed by atoms with E-state index in [0.29, 0.717) is 23.5 Å². The molecule has 4 heterocycles. The number of carbonyl (C=O) groups is 4. The van der Waals surface area contributed by atoms with Crippen LogP contribution in [0.4, 0.5) is 10.1 Å². The summed E-state index contributed by atoms with van der Waals surface area (Å²) in [7, 11) is 0. The molecule has 4 amide bonds. The third-order valence-electron chi connectivity index (χ3n) is 6.89. The number of halogens is 2. The van der Waals surface area contributed by atoms with Crippen molar-refractivity contribution in [2.75, 3.05) is 31.6 Å². The smallest absolute Gasteiger partial charge is 0.270 e. The number of nitrogens with zero attached hydrogens (tertiary/aromatic N) is 4. The molecule has 2 aromatic heterocycles. The number of hydrogen-bond donors (Lipinski definition) is 4. The minimum atomic E-state index is -0.912. The van der Waals surface area contributed by atoms with Crippen LogP contribution in [0.3, 0.4) is 0 Å². The fourth-order valence-corrected chi connectivity index (χ4v) is 4.76. The molecule has 41 heavy (non-hydrogen) atoms. The van der Waals surface area contributed by atoms with Crippen molar-refractivity contribution >= 4 is 46.7 Å². The molecule has 0 unspecified atom stereocenters. The average Bonchev–Trinajstić information content (AvgIpc) is 3.34. The quantitative estimate of drug-likeness (QED) is 0.287. The lowest BCUT2D eigenvalue weighted by molar-refractivity contribution is -0.122. The standard InChI is InChI=1S/C26H28ClFN8O5/c1-14(24(38)29-10-15-4-6-35(27)7-5-15)32-26(40)20-9-19(34-23-17(28)12-31-36(20)23)25(39)30-11-16-2-3-21-18(8-16)33-22(37)13-41-21/h2-3,8-9,12,14-15H,4-7,10-11,13H2,1H3,(H,29,38)(H,30,39)(H,32,40)(H,33,37)/t14-/m0/s1. The zero-order valence-electron chi connectivity index (χ0n) is 22.1. The summed E-state index contributed by atoms with van der Waals surface area (Å²) in [5.74, 6) is -2.10. The van der Waals surface area contributed by atoms with Crippen LogP contribution in [0.25, 0.3) is 5.65 Å². The monoisotopic (exact) mass is 586 g/mol. The molecule has 2 aliphatic rings. The van der Waals surface area contributed by atoms with Gasteiger partial charge in [0.1, 0.15) is 23.2 Å². The normalized spacial score (nSPS) is 16.3. The summed E-state index contributed by atoms with van der Waals surface area (Å²) >= 11 is 5.98. The maximum Gasteiger partial charge on any atom is 0.270 e. The summed E-state index contributed by atoms with van der Waals surface area (Å²) in [6, 6.07) is 5.31. The fraction of sp³-hybridized carbons (Fsp3) is 0.385. The molecule has 0 spiro atoms. The summed E-state index contributed by atoms with van der Waals surface area (Å²) in [5, 5.41) is 14.6. The first kappa shape index (κ1) is 28.2. The minimum Gasteiger partial charge on any atom is -0.482 e. The van der Waals surface area contributed by atoms with Crippen LogP contribution < -0.4 is 26.0 Å². The van der Waals surface area contributed by atoms with Crippen molar-refractivity contribution in [3.05, 3.63) is 53.2 Å². The van der Waals surface area contributed by atoms with E-state index in [9.17, 15) is 23.6 Å². The van der Waals surface area contributed by atoms with Gasteiger partial charge in [0.15, 0.2) is 18.1 Å². The van der Waals surface area contributed by atoms with Crippen LogP contribution in [0.1, 0.15) is 46.3 Å². The molecule has 1 fully saturated rings. The Morgan fingerprint density at radius 1 is 1.20 bits per heavy atom. The summed E-state index contributed by atoms with van der Waals surface area (Å²) in [4.78, 5) is 54.4. The number of benzene rings is 1. The highest BCUT2D eigenvalue weighted by Gasteiger charge is 2.24. The molecule has 1 atom stereocenters. The van der Waals surface area contributed by atoms with Gasteiger partial charge in [0, 0.05) is 32.2 Å². The van der Waals surface area contributed by atoms with E-state index in [4.69, 9.17) is 16.5 Å². The number of hydrogen-bond acceptors (Lipinski definition) is 8. The number of nitrogens with one attached hydrogen (secondary N) is 4. The lowest BCUT2D eigenvalue weighted by Crippen LogP contribution is -2.47. The average molecular weight is 587 g/mol. The molecule has 216 valence electrons. The largest absolute Gasteiger partial charge is 0.482 e. The number of amides is 4. The second-order valence-corrected chi connectivity index (χ2v) is 10.4. The number of anilines is 1. The van der Waals surface area contributed by atoms with E-state index in [1.807, 2.05) is 0 Å². The van der Waals surface area contributed by atoms with Crippen LogP contribution in [-0.2, 0) is 16.1 Å². The number of rotatable bonds is 8. The molecule has 5 rings (SSSR count). The Labute approximate surface area is 238 Å². The molecule has 13 nitrogen and oxygen atoms in total. The number of aromatic nitrogens is 3. The highest BCUT2D eigenvalue weighted by atomic mass is 35.5. The molecule has 0 saturated carbocycles. The van der Waals surface area contributed by atoms with Gasteiger partial charge in [-0.25, -0.2) is 18.3 Å². The SMILES string of the molecule is C[C@H](NC(=O)c1cc(C(=O)NCc2ccc3c(c2)NC(=O)CO3)nc2c(F)cnn12)C(=O)NCC1CCN(Cl)CC1. The van der Waals surface area contributed by atoms with Crippen LogP contribution in [0.5, 0.6) is 5.75 Å². The van der Waals surface area contributed by atoms with Crippen LogP contribution in [0.15, 0.2) is 30.5 Å². The Balaban J connectivity index is 1.25. The molecular formula is C26H28ClFN8O5. The molecular weight excluding hydrogens is 559 g/mol. The van der Waals surface area contributed by atoms with Crippen LogP contribution in [0.2, 0.25) is 0 Å². The zero-order chi connectivity index (χ0) is 29.1. The second-order valence-electron chi connectivity index (χ2n) is 9.90. The van der Waals surface area contributed by atoms with E-state index in [-0.39, 0.29) is 47.9 Å². The van der Waals surface area contributed by atoms with E-state index >= 15 is 0 Å². The number of piperidine rings is 1. The van der Waals surface area contributed by atoms with Gasteiger partial charge in [0.2, 0.25) is 5.91 Å². The Morgan fingerprint density at radius 3 is 2.76 bits per heavy atom. The van der Waals surface area contributed by atoms with Gasteiger partial charge < -0.3 is 26.0 Å². The molecule has 0 radical (unpaired) electrons. The summed E-state index contributed by atoms with van der Waals surface area (Å²) in [5.41, 5.74) is 0.419. The van der Waals surface area contributed by atoms with Gasteiger partial charge in [-0.15, -0.1) is 0 Å². The van der Waals surface area contributed by atoms with Crippen LogP contribution in [0, 0.1) is 11.7 Å². The van der Waals surface area contributed by atoms with Gasteiger partial charge >= 0.3 is 0 Å². The van der Waals surface area contributed by atoms with Gasteiger partial charge in [-0.3, -0.25) is 19.2 Å². The van der Waals surface area contributed by atoms with Gasteiger partial charge in [0.25, 0.3) is 17.7 Å². The predicted octanol–water partition coefficient (Wildman–Crippen LogP) is 1.23. The molecule has 4 N–H and O–H groups in total. The molecule has 3 aromatic rings. The summed E-state index contributed by atoms with van der Waals surface area (Å²) in [6.07, 6.45) is 2.59. The van der Waals surface area contributed by atoms with Gasteiger partial charge in [0.05, 0.1) is 11.9 Å². The number of ether oxygens (including phenoxy) is 1. The van der Waals surface area contributed by atoms with Crippen molar-refractivity contribution in [2.45, 2.75) is 32.4 Å². The summed E-state index contributed by atoms with van der Waals surface area (Å²) in [6.45, 7) is 3.44. The molecule has 2 aliphatic heterocycles. The highest BCUT2D eigenvalue weighted by molar-refractivity contribution is 6.13. The lowest BCUT2D eigenvalue weighted by atomic mass is 9.98. The van der Waals surface area contributed by atoms with Crippen molar-refractivity contribution < 1.29 is 28.3 Å². The first-order valence-electron chi connectivity index (χ1n) is 13.1. The third kappa shape index (κ3) is 6.55. The predicted molar refractivity (Wildman–Crippen MR) is 145 cm³/mol. The highest BCUT2D eigenvalue weighted by Crippen LogP contribution is 2.28. The molecule has 0 aliphatic carbocycles. The second kappa shape index (κ2) is 12.1. The Kier molecular flexibility index (Phi) is 8.31. The van der Waals surface area contributed by atoms with Gasteiger partial charge in [-0.1, -0.05) is 6.07 Å². The van der Waals surface area contributed by atoms with E-state index < -0.39 is 23.7 Å². The van der Waals surface area contributed by atoms with E-state index in [1.165, 1.54) is 13.0 Å². The summed E-state index contributed by atoms with van der Waals surface area (Å²) < 4.78 is 22.5. The van der Waals surface area contributed by atoms with Crippen molar-refractivity contribution in [1.29, 1.82) is 0 Å². The van der Waals surface area contributed by atoms with Crippen molar-refractivity contribution in [1.82, 2.24) is 35.0 Å². The number of carbonyl (C=O) groups excluding carboxylic acids is 4. The van der Waals surface area contributed by atoms with Crippen LogP contribution in [-0.4, -0.2) is 74.9 Å². The maximum absolute atomic E-state index is 14.4. The Hall–Kier alpha value is -4.30. The number of fused-ring (bicyclic) bond motifs is 2. The van der Waals surface area contributed by atoms with Crippen molar-refractivity contribution in [2.24, 2.45) is 5.92 Å². The van der Waals surface area contributed by atoms with E-state index in [1.54, 1.807) is 22.6 Å². The lowest BCUT2D eigenvalue weighted by Gasteiger charge is -2.27. The third-order valence-corrected chi connectivity index (χ3v) is 7.23. The molecule has 0 bridgehead atoms. The molecule has 15 heteroatoms. The zero-order valence-corrected chi connectivity index (χ0v) is 22.8. The fourth-order valence-electron chi connectivity index (χ4n) is 4.57. The Bertz CT molecular complexity index is 1510. The van der Waals surface area contributed by atoms with Crippen molar-refractivity contribution in [3.63, 3.8) is 0 Å². The topological polar surface area (TPSA) is 159 Å². The first-order chi connectivity index (χ1) is 19.7. The Morgan fingerprint density at radius 2 is 1.98 bits per heavy atom. The van der Waals surface area contributed by atoms with Gasteiger partial charge in [-0.05, 0) is 55.2 Å². The van der Waals surface area contributed by atoms with Crippen LogP contribution >= 0.6 is 11.8 Å². The van der Waals surface area contributed by atoms with E-state index in [0.717, 1.165) is 36.6 Å². The maximum atomic E-state index is 14.4. The molecule has 1 aromatic carbocycles. The van der Waals surface area contributed by atoms with E-state index in [2.05, 4.69) is 31.3 Å². The minimum absolute atomic E-state index is 0.0548.